The highest BCUT2D eigenvalue weighted by atomic mass is 15.2. The Balaban J connectivity index is 2.46. The topological polar surface area (TPSA) is 54.5 Å². The third kappa shape index (κ3) is 0.642. The lowest BCUT2D eigenvalue weighted by Crippen LogP contribution is -1.93. The maximum absolute atomic E-state index is 4.23. The van der Waals surface area contributed by atoms with E-state index in [1.165, 1.54) is 12.0 Å². The Hall–Kier alpha value is -1.45. The smallest absolute Gasteiger partial charge is 0.180 e. The van der Waals surface area contributed by atoms with Gasteiger partial charge in [0.15, 0.2) is 5.65 Å². The van der Waals surface area contributed by atoms with E-state index in [2.05, 4.69) is 20.2 Å². The lowest BCUT2D eigenvalue weighted by Gasteiger charge is -1.95. The molecule has 0 aromatic carbocycles. The summed E-state index contributed by atoms with van der Waals surface area (Å²) in [6.45, 7) is 0. The molecule has 4 nitrogen and oxygen atoms in total. The number of rotatable bonds is 0. The van der Waals surface area contributed by atoms with Gasteiger partial charge in [-0.25, -0.2) is 4.98 Å². The summed E-state index contributed by atoms with van der Waals surface area (Å²) in [5.74, 6) is 0. The van der Waals surface area contributed by atoms with E-state index < -0.39 is 0 Å². The van der Waals surface area contributed by atoms with Crippen molar-refractivity contribution >= 4 is 11.2 Å². The predicted octanol–water partition coefficient (Wildman–Crippen LogP) is 0.842. The average molecular weight is 160 g/mol. The second kappa shape index (κ2) is 2.03. The highest BCUT2D eigenvalue weighted by Crippen LogP contribution is 2.24. The molecular weight excluding hydrogens is 152 g/mol. The number of aromatic nitrogens is 4. The Kier molecular flexibility index (Phi) is 1.03. The zero-order valence-corrected chi connectivity index (χ0v) is 6.54. The molecule has 0 atom stereocenters. The molecule has 0 saturated heterocycles. The highest BCUT2D eigenvalue weighted by molar-refractivity contribution is 5.74. The second-order valence-electron chi connectivity index (χ2n) is 3.08. The Morgan fingerprint density at radius 3 is 3.25 bits per heavy atom. The van der Waals surface area contributed by atoms with Gasteiger partial charge in [-0.2, -0.15) is 5.10 Å². The molecule has 1 aliphatic rings. The molecule has 0 spiro atoms. The van der Waals surface area contributed by atoms with Crippen molar-refractivity contribution in [1.29, 1.82) is 0 Å². The van der Waals surface area contributed by atoms with Gasteiger partial charge < -0.3 is 4.98 Å². The molecule has 12 heavy (non-hydrogen) atoms. The van der Waals surface area contributed by atoms with Crippen LogP contribution in [0.4, 0.5) is 0 Å². The van der Waals surface area contributed by atoms with Crippen LogP contribution < -0.4 is 0 Å². The first kappa shape index (κ1) is 6.11. The van der Waals surface area contributed by atoms with Crippen molar-refractivity contribution in [2.75, 3.05) is 0 Å². The summed E-state index contributed by atoms with van der Waals surface area (Å²) in [4.78, 5) is 7.20. The van der Waals surface area contributed by atoms with Gasteiger partial charge in [0.25, 0.3) is 0 Å². The Bertz CT molecular complexity index is 432. The van der Waals surface area contributed by atoms with Crippen molar-refractivity contribution < 1.29 is 0 Å². The molecule has 1 N–H and O–H groups in total. The minimum Gasteiger partial charge on any atom is -0.328 e. The Morgan fingerprint density at radius 1 is 1.25 bits per heavy atom. The molecule has 0 aliphatic heterocycles. The van der Waals surface area contributed by atoms with Crippen molar-refractivity contribution in [2.24, 2.45) is 0 Å². The number of hydrogen-bond donors (Lipinski definition) is 1. The molecule has 2 aromatic heterocycles. The van der Waals surface area contributed by atoms with Crippen LogP contribution in [0.3, 0.4) is 0 Å². The largest absolute Gasteiger partial charge is 0.328 e. The minimum atomic E-state index is 0.815. The summed E-state index contributed by atoms with van der Waals surface area (Å²) in [5.41, 5.74) is 4.25. The number of aryl methyl sites for hydroxylation is 2. The van der Waals surface area contributed by atoms with Gasteiger partial charge in [-0.15, -0.1) is 5.10 Å². The first-order chi connectivity index (χ1) is 5.95. The van der Waals surface area contributed by atoms with E-state index in [-0.39, 0.29) is 0 Å². The van der Waals surface area contributed by atoms with Gasteiger partial charge in [0.2, 0.25) is 0 Å². The van der Waals surface area contributed by atoms with Crippen molar-refractivity contribution in [3.05, 3.63) is 17.6 Å². The van der Waals surface area contributed by atoms with Gasteiger partial charge in [0.1, 0.15) is 5.52 Å². The van der Waals surface area contributed by atoms with E-state index in [1.54, 1.807) is 6.33 Å². The molecular formula is C8H8N4. The van der Waals surface area contributed by atoms with Crippen LogP contribution >= 0.6 is 0 Å². The Labute approximate surface area is 69.0 Å². The quantitative estimate of drug-likeness (QED) is 0.621. The lowest BCUT2D eigenvalue weighted by molar-refractivity contribution is 0.881. The molecule has 1 aliphatic carbocycles. The summed E-state index contributed by atoms with van der Waals surface area (Å²) in [6.07, 6.45) is 5.03. The van der Waals surface area contributed by atoms with E-state index in [4.69, 9.17) is 0 Å². The third-order valence-corrected chi connectivity index (χ3v) is 2.36. The highest BCUT2D eigenvalue weighted by Gasteiger charge is 2.17. The van der Waals surface area contributed by atoms with Crippen LogP contribution in [0, 0.1) is 0 Å². The number of H-pyrrole nitrogens is 1. The number of nitrogens with zero attached hydrogens (tertiary/aromatic N) is 3. The van der Waals surface area contributed by atoms with Crippen LogP contribution in [-0.2, 0) is 12.8 Å². The van der Waals surface area contributed by atoms with E-state index in [0.29, 0.717) is 0 Å². The molecule has 0 bridgehead atoms. The summed E-state index contributed by atoms with van der Waals surface area (Å²) in [6, 6.07) is 0. The van der Waals surface area contributed by atoms with E-state index in [9.17, 15) is 0 Å². The van der Waals surface area contributed by atoms with E-state index in [0.717, 1.165) is 29.7 Å². The van der Waals surface area contributed by atoms with Gasteiger partial charge in [-0.3, -0.25) is 0 Å². The normalized spacial score (nSPS) is 15.3. The molecule has 0 unspecified atom stereocenters. The molecule has 3 rings (SSSR count). The number of aromatic amines is 1. The molecule has 60 valence electrons. The van der Waals surface area contributed by atoms with Crippen LogP contribution in [0.2, 0.25) is 0 Å². The van der Waals surface area contributed by atoms with Crippen molar-refractivity contribution in [1.82, 2.24) is 20.2 Å². The molecule has 0 saturated carbocycles. The SMILES string of the molecule is c1nc2c3c(nnc2[nH]1)CCC3. The minimum absolute atomic E-state index is 0.815. The molecule has 2 aromatic rings. The lowest BCUT2D eigenvalue weighted by atomic mass is 10.2. The fourth-order valence-corrected chi connectivity index (χ4v) is 1.79. The Morgan fingerprint density at radius 2 is 2.25 bits per heavy atom. The van der Waals surface area contributed by atoms with Gasteiger partial charge in [0.05, 0.1) is 12.0 Å². The third-order valence-electron chi connectivity index (χ3n) is 2.36. The monoisotopic (exact) mass is 160 g/mol. The van der Waals surface area contributed by atoms with Crippen LogP contribution in [-0.4, -0.2) is 20.2 Å². The number of imidazole rings is 1. The molecule has 0 amide bonds. The van der Waals surface area contributed by atoms with Gasteiger partial charge in [-0.1, -0.05) is 0 Å². The van der Waals surface area contributed by atoms with Gasteiger partial charge in [-0.05, 0) is 19.3 Å². The second-order valence-corrected chi connectivity index (χ2v) is 3.08. The van der Waals surface area contributed by atoms with Gasteiger partial charge in [0, 0.05) is 5.56 Å². The first-order valence-electron chi connectivity index (χ1n) is 4.12. The summed E-state index contributed by atoms with van der Waals surface area (Å²) < 4.78 is 0. The van der Waals surface area contributed by atoms with Crippen LogP contribution in [0.1, 0.15) is 17.7 Å². The van der Waals surface area contributed by atoms with Crippen LogP contribution in [0.25, 0.3) is 11.2 Å². The first-order valence-corrected chi connectivity index (χ1v) is 4.12. The zero-order chi connectivity index (χ0) is 7.97. The van der Waals surface area contributed by atoms with Gasteiger partial charge >= 0.3 is 0 Å². The summed E-state index contributed by atoms with van der Waals surface area (Å²) in [7, 11) is 0. The van der Waals surface area contributed by atoms with E-state index in [1.807, 2.05) is 0 Å². The standard InChI is InChI=1S/C8H8N4/c1-2-5-6(3-1)11-12-8-7(5)9-4-10-8/h4H,1-3H2,(H,9,10,12). The molecule has 0 radical (unpaired) electrons. The van der Waals surface area contributed by atoms with Crippen LogP contribution in [0.5, 0.6) is 0 Å². The maximum atomic E-state index is 4.23. The number of hydrogen-bond acceptors (Lipinski definition) is 3. The fourth-order valence-electron chi connectivity index (χ4n) is 1.79. The molecule has 2 heterocycles. The summed E-state index contributed by atoms with van der Waals surface area (Å²) >= 11 is 0. The molecule has 0 fully saturated rings. The van der Waals surface area contributed by atoms with E-state index >= 15 is 0 Å². The van der Waals surface area contributed by atoms with Crippen molar-refractivity contribution in [3.63, 3.8) is 0 Å². The number of nitrogens with one attached hydrogen (secondary N) is 1. The summed E-state index contributed by atoms with van der Waals surface area (Å²) in [5, 5.41) is 8.18. The predicted molar refractivity (Wildman–Crippen MR) is 43.7 cm³/mol. The fraction of sp³-hybridized carbons (Fsp3) is 0.375. The van der Waals surface area contributed by atoms with Crippen molar-refractivity contribution in [2.45, 2.75) is 19.3 Å². The molecule has 4 heteroatoms. The average Bonchev–Trinajstić information content (AvgIpc) is 2.71. The number of fused-ring (bicyclic) bond motifs is 3. The van der Waals surface area contributed by atoms with Crippen molar-refractivity contribution in [3.8, 4) is 0 Å². The van der Waals surface area contributed by atoms with Crippen LogP contribution in [0.15, 0.2) is 6.33 Å². The zero-order valence-electron chi connectivity index (χ0n) is 6.54. The maximum Gasteiger partial charge on any atom is 0.180 e.